The molecule has 5 heteroatoms. The zero-order chi connectivity index (χ0) is 16.5. The second-order valence-corrected chi connectivity index (χ2v) is 8.10. The Balaban J connectivity index is 1.32. The molecule has 1 aromatic rings. The van der Waals surface area contributed by atoms with Crippen LogP contribution < -0.4 is 0 Å². The number of fused-ring (bicyclic) bond motifs is 1. The predicted molar refractivity (Wildman–Crippen MR) is 91.3 cm³/mol. The highest BCUT2D eigenvalue weighted by Crippen LogP contribution is 2.41. The molecule has 1 aliphatic heterocycles. The fourth-order valence-corrected chi connectivity index (χ4v) is 5.16. The van der Waals surface area contributed by atoms with Gasteiger partial charge in [-0.15, -0.1) is 0 Å². The molecule has 2 saturated carbocycles. The van der Waals surface area contributed by atoms with Crippen LogP contribution >= 0.6 is 0 Å². The molecule has 0 aromatic carbocycles. The fraction of sp³-hybridized carbons (Fsp3) is 0.789. The average Bonchev–Trinajstić information content (AvgIpc) is 3.31. The van der Waals surface area contributed by atoms with Gasteiger partial charge >= 0.3 is 0 Å². The van der Waals surface area contributed by atoms with Crippen LogP contribution in [0.5, 0.6) is 0 Å². The van der Waals surface area contributed by atoms with Crippen LogP contribution in [0, 0.1) is 17.8 Å². The van der Waals surface area contributed by atoms with Gasteiger partial charge in [-0.05, 0) is 43.1 Å². The van der Waals surface area contributed by atoms with E-state index in [1.165, 1.54) is 25.7 Å². The maximum atomic E-state index is 12.6. The van der Waals surface area contributed by atoms with Crippen molar-refractivity contribution >= 4 is 5.91 Å². The molecule has 5 nitrogen and oxygen atoms in total. The lowest BCUT2D eigenvalue weighted by atomic mass is 9.77. The van der Waals surface area contributed by atoms with Crippen LogP contribution in [0.25, 0.3) is 0 Å². The lowest BCUT2D eigenvalue weighted by molar-refractivity contribution is -0.130. The molecule has 24 heavy (non-hydrogen) atoms. The first-order valence-corrected chi connectivity index (χ1v) is 9.65. The number of nitrogens with zero attached hydrogens (tertiary/aromatic N) is 3. The van der Waals surface area contributed by atoms with Crippen molar-refractivity contribution in [3.63, 3.8) is 0 Å². The maximum Gasteiger partial charge on any atom is 0.222 e. The summed E-state index contributed by atoms with van der Waals surface area (Å²) in [6.07, 6.45) is 12.2. The summed E-state index contributed by atoms with van der Waals surface area (Å²) in [7, 11) is 0. The topological polar surface area (TPSA) is 58.4 Å². The van der Waals surface area contributed by atoms with Gasteiger partial charge in [-0.25, -0.2) is 0 Å². The summed E-state index contributed by atoms with van der Waals surface area (Å²) in [6.45, 7) is 1.72. The van der Waals surface area contributed by atoms with E-state index in [-0.39, 0.29) is 12.1 Å². The number of carbonyl (C=O) groups is 1. The summed E-state index contributed by atoms with van der Waals surface area (Å²) in [5.41, 5.74) is 0. The molecule has 1 N–H and O–H groups in total. The van der Waals surface area contributed by atoms with Gasteiger partial charge in [0.2, 0.25) is 5.91 Å². The van der Waals surface area contributed by atoms with Crippen molar-refractivity contribution in [3.8, 4) is 0 Å². The van der Waals surface area contributed by atoms with Crippen LogP contribution in [0.15, 0.2) is 18.5 Å². The fourth-order valence-electron chi connectivity index (χ4n) is 5.16. The Morgan fingerprint density at radius 2 is 1.92 bits per heavy atom. The number of aromatic nitrogens is 2. The smallest absolute Gasteiger partial charge is 0.222 e. The summed E-state index contributed by atoms with van der Waals surface area (Å²) in [4.78, 5) is 14.7. The minimum Gasteiger partial charge on any atom is -0.391 e. The summed E-state index contributed by atoms with van der Waals surface area (Å²) in [5.74, 6) is 2.09. The molecule has 0 spiro atoms. The van der Waals surface area contributed by atoms with Crippen LogP contribution in [0.2, 0.25) is 0 Å². The molecule has 132 valence electrons. The Kier molecular flexibility index (Phi) is 4.61. The minimum absolute atomic E-state index is 0.0646. The Morgan fingerprint density at radius 3 is 2.62 bits per heavy atom. The number of likely N-dealkylation sites (tertiary alicyclic amines) is 1. The molecule has 2 aliphatic carbocycles. The molecular formula is C19H29N3O2. The highest BCUT2D eigenvalue weighted by Gasteiger charge is 2.43. The number of carbonyl (C=O) groups excluding carboxylic acids is 1. The van der Waals surface area contributed by atoms with E-state index in [4.69, 9.17) is 0 Å². The maximum absolute atomic E-state index is 12.6. The van der Waals surface area contributed by atoms with Crippen molar-refractivity contribution in [3.05, 3.63) is 18.5 Å². The molecule has 0 bridgehead atoms. The van der Waals surface area contributed by atoms with Crippen molar-refractivity contribution in [2.45, 2.75) is 63.5 Å². The monoisotopic (exact) mass is 331 g/mol. The van der Waals surface area contributed by atoms with Crippen molar-refractivity contribution in [1.82, 2.24) is 14.7 Å². The molecule has 4 rings (SSSR count). The first kappa shape index (κ1) is 16.1. The highest BCUT2D eigenvalue weighted by atomic mass is 16.3. The predicted octanol–water partition coefficient (Wildman–Crippen LogP) is 2.62. The van der Waals surface area contributed by atoms with E-state index >= 15 is 0 Å². The second-order valence-electron chi connectivity index (χ2n) is 8.10. The molecular weight excluding hydrogens is 302 g/mol. The summed E-state index contributed by atoms with van der Waals surface area (Å²) >= 11 is 0. The molecule has 1 amide bonds. The van der Waals surface area contributed by atoms with Gasteiger partial charge in [0.1, 0.15) is 0 Å². The average molecular weight is 331 g/mol. The van der Waals surface area contributed by atoms with Crippen LogP contribution in [0.4, 0.5) is 0 Å². The molecule has 0 unspecified atom stereocenters. The minimum atomic E-state index is -0.348. The number of rotatable bonds is 4. The number of hydrogen-bond acceptors (Lipinski definition) is 3. The number of hydrogen-bond donors (Lipinski definition) is 1. The lowest BCUT2D eigenvalue weighted by Crippen LogP contribution is -2.36. The van der Waals surface area contributed by atoms with Crippen molar-refractivity contribution in [1.29, 1.82) is 0 Å². The third-order valence-corrected chi connectivity index (χ3v) is 6.57. The van der Waals surface area contributed by atoms with Crippen LogP contribution in [0.1, 0.15) is 57.4 Å². The van der Waals surface area contributed by atoms with E-state index in [2.05, 4.69) is 10.00 Å². The Bertz CT molecular complexity index is 553. The molecule has 4 atom stereocenters. The number of aliphatic hydroxyl groups excluding tert-OH is 1. The standard InChI is InChI=1S/C19H29N3O2/c23-18-11-16-13-21(19(24)7-6-14-4-1-2-5-14)12-15(16)10-17(18)22-9-3-8-20-22/h3,8-9,14-18,23H,1-2,4-7,10-13H2/t15-,16+,17-,18-/m1/s1. The second kappa shape index (κ2) is 6.87. The SMILES string of the molecule is O=C(CCC1CCCC1)N1C[C@H]2C[C@@H](n3cccn3)[C@H](O)C[C@H]2C1. The normalized spacial score (nSPS) is 33.8. The first-order chi connectivity index (χ1) is 11.7. The van der Waals surface area contributed by atoms with E-state index in [1.54, 1.807) is 6.20 Å². The van der Waals surface area contributed by atoms with E-state index < -0.39 is 0 Å². The van der Waals surface area contributed by atoms with E-state index in [1.807, 2.05) is 16.9 Å². The van der Waals surface area contributed by atoms with Gasteiger partial charge in [0.15, 0.2) is 0 Å². The quantitative estimate of drug-likeness (QED) is 0.923. The third kappa shape index (κ3) is 3.23. The van der Waals surface area contributed by atoms with Crippen LogP contribution in [-0.4, -0.2) is 44.9 Å². The number of aliphatic hydroxyl groups is 1. The van der Waals surface area contributed by atoms with Gasteiger partial charge in [-0.3, -0.25) is 9.48 Å². The molecule has 0 radical (unpaired) electrons. The van der Waals surface area contributed by atoms with Gasteiger partial charge in [0, 0.05) is 31.9 Å². The van der Waals surface area contributed by atoms with Crippen LogP contribution in [-0.2, 0) is 4.79 Å². The molecule has 3 fully saturated rings. The lowest BCUT2D eigenvalue weighted by Gasteiger charge is -2.35. The van der Waals surface area contributed by atoms with E-state index in [9.17, 15) is 9.90 Å². The largest absolute Gasteiger partial charge is 0.391 e. The van der Waals surface area contributed by atoms with Crippen LogP contribution in [0.3, 0.4) is 0 Å². The van der Waals surface area contributed by atoms with Crippen molar-refractivity contribution in [2.24, 2.45) is 17.8 Å². The Morgan fingerprint density at radius 1 is 1.17 bits per heavy atom. The molecule has 3 aliphatic rings. The summed E-state index contributed by atoms with van der Waals surface area (Å²) < 4.78 is 1.89. The van der Waals surface area contributed by atoms with Gasteiger partial charge in [-0.2, -0.15) is 5.10 Å². The third-order valence-electron chi connectivity index (χ3n) is 6.57. The summed E-state index contributed by atoms with van der Waals surface area (Å²) in [5, 5.41) is 14.8. The Labute approximate surface area is 144 Å². The number of amides is 1. The van der Waals surface area contributed by atoms with Gasteiger partial charge < -0.3 is 10.0 Å². The molecule has 2 heterocycles. The zero-order valence-electron chi connectivity index (χ0n) is 14.4. The Hall–Kier alpha value is -1.36. The first-order valence-electron chi connectivity index (χ1n) is 9.65. The summed E-state index contributed by atoms with van der Waals surface area (Å²) in [6, 6.07) is 1.97. The zero-order valence-corrected chi connectivity index (χ0v) is 14.4. The molecule has 1 saturated heterocycles. The molecule has 1 aromatic heterocycles. The van der Waals surface area contributed by atoms with Gasteiger partial charge in [-0.1, -0.05) is 25.7 Å². The van der Waals surface area contributed by atoms with Gasteiger partial charge in [0.05, 0.1) is 12.1 Å². The van der Waals surface area contributed by atoms with Crippen molar-refractivity contribution < 1.29 is 9.90 Å². The highest BCUT2D eigenvalue weighted by molar-refractivity contribution is 5.76. The van der Waals surface area contributed by atoms with E-state index in [0.29, 0.717) is 17.7 Å². The van der Waals surface area contributed by atoms with E-state index in [0.717, 1.165) is 44.7 Å². The van der Waals surface area contributed by atoms with Gasteiger partial charge in [0.25, 0.3) is 0 Å². The van der Waals surface area contributed by atoms with Crippen molar-refractivity contribution in [2.75, 3.05) is 13.1 Å².